The lowest BCUT2D eigenvalue weighted by molar-refractivity contribution is 0.0730. The van der Waals surface area contributed by atoms with Gasteiger partial charge in [-0.25, -0.2) is 8.42 Å². The highest BCUT2D eigenvalue weighted by Crippen LogP contribution is 2.26. The maximum Gasteiger partial charge on any atom is 0.255 e. The van der Waals surface area contributed by atoms with Crippen LogP contribution in [0, 0.1) is 0 Å². The summed E-state index contributed by atoms with van der Waals surface area (Å²) in [6.45, 7) is 3.66. The van der Waals surface area contributed by atoms with Crippen LogP contribution in [0.15, 0.2) is 53.4 Å². The molecule has 4 rings (SSSR count). The molecule has 184 valence electrons. The predicted octanol–water partition coefficient (Wildman–Crippen LogP) is 2.50. The minimum absolute atomic E-state index is 0.0868. The van der Waals surface area contributed by atoms with Gasteiger partial charge in [0.15, 0.2) is 0 Å². The Labute approximate surface area is 201 Å². The first-order valence-corrected chi connectivity index (χ1v) is 13.2. The molecule has 1 amide bonds. The highest BCUT2D eigenvalue weighted by atomic mass is 32.2. The number of methoxy groups -OCH3 is 1. The van der Waals surface area contributed by atoms with Gasteiger partial charge in [0.2, 0.25) is 10.0 Å². The number of amides is 1. The number of nitrogens with one attached hydrogen (secondary N) is 1. The van der Waals surface area contributed by atoms with E-state index < -0.39 is 10.0 Å². The van der Waals surface area contributed by atoms with Crippen molar-refractivity contribution in [1.82, 2.24) is 14.5 Å². The molecule has 2 heterocycles. The van der Waals surface area contributed by atoms with E-state index >= 15 is 0 Å². The van der Waals surface area contributed by atoms with Crippen molar-refractivity contribution in [3.63, 3.8) is 0 Å². The van der Waals surface area contributed by atoms with Gasteiger partial charge in [-0.2, -0.15) is 4.31 Å². The number of carbonyl (C=O) groups is 1. The minimum Gasteiger partial charge on any atom is -0.496 e. The SMILES string of the molecule is COc1ccc(S(=O)(=O)N2CCOCC2)cc1C(=O)NCC1CCCCN1Cc1ccccc1. The van der Waals surface area contributed by atoms with Gasteiger partial charge in [-0.15, -0.1) is 0 Å². The van der Waals surface area contributed by atoms with E-state index in [1.54, 1.807) is 6.07 Å². The second-order valence-corrected chi connectivity index (χ2v) is 10.6. The van der Waals surface area contributed by atoms with E-state index in [1.165, 1.54) is 29.1 Å². The number of hydrogen-bond acceptors (Lipinski definition) is 6. The van der Waals surface area contributed by atoms with E-state index in [0.29, 0.717) is 38.6 Å². The first-order chi connectivity index (χ1) is 16.5. The molecule has 0 bridgehead atoms. The van der Waals surface area contributed by atoms with Gasteiger partial charge in [0, 0.05) is 32.2 Å². The molecule has 0 aromatic heterocycles. The van der Waals surface area contributed by atoms with Crippen LogP contribution in [0.2, 0.25) is 0 Å². The van der Waals surface area contributed by atoms with Gasteiger partial charge in [-0.3, -0.25) is 9.69 Å². The molecule has 2 aliphatic rings. The number of likely N-dealkylation sites (tertiary alicyclic amines) is 1. The fraction of sp³-hybridized carbons (Fsp3) is 0.480. The molecule has 2 fully saturated rings. The van der Waals surface area contributed by atoms with Gasteiger partial charge >= 0.3 is 0 Å². The third-order valence-corrected chi connectivity index (χ3v) is 8.39. The fourth-order valence-electron chi connectivity index (χ4n) is 4.58. The lowest BCUT2D eigenvalue weighted by Gasteiger charge is -2.36. The second-order valence-electron chi connectivity index (χ2n) is 8.69. The van der Waals surface area contributed by atoms with Gasteiger partial charge in [0.05, 0.1) is 30.8 Å². The van der Waals surface area contributed by atoms with Crippen molar-refractivity contribution in [3.05, 3.63) is 59.7 Å². The number of nitrogens with zero attached hydrogens (tertiary/aromatic N) is 2. The van der Waals surface area contributed by atoms with Crippen LogP contribution in [0.1, 0.15) is 35.2 Å². The number of sulfonamides is 1. The van der Waals surface area contributed by atoms with Gasteiger partial charge in [0.25, 0.3) is 5.91 Å². The smallest absolute Gasteiger partial charge is 0.255 e. The van der Waals surface area contributed by atoms with Crippen LogP contribution in [-0.2, 0) is 21.3 Å². The molecule has 2 aromatic carbocycles. The zero-order valence-corrected chi connectivity index (χ0v) is 20.4. The molecule has 1 N–H and O–H groups in total. The van der Waals surface area contributed by atoms with E-state index in [4.69, 9.17) is 9.47 Å². The topological polar surface area (TPSA) is 88.2 Å². The summed E-state index contributed by atoms with van der Waals surface area (Å²) in [5, 5.41) is 3.03. The largest absolute Gasteiger partial charge is 0.496 e. The standard InChI is InChI=1S/C25H33N3O5S/c1-32-24-11-10-22(34(30,31)28-13-15-33-16-14-28)17-23(24)25(29)26-18-21-9-5-6-12-27(21)19-20-7-3-2-4-8-20/h2-4,7-8,10-11,17,21H,5-6,9,12-16,18-19H2,1H3,(H,26,29). The summed E-state index contributed by atoms with van der Waals surface area (Å²) in [4.78, 5) is 15.6. The molecule has 2 aliphatic heterocycles. The highest BCUT2D eigenvalue weighted by molar-refractivity contribution is 7.89. The van der Waals surface area contributed by atoms with Crippen LogP contribution in [-0.4, -0.2) is 76.1 Å². The summed E-state index contributed by atoms with van der Waals surface area (Å²) >= 11 is 0. The highest BCUT2D eigenvalue weighted by Gasteiger charge is 2.29. The maximum atomic E-state index is 13.1. The van der Waals surface area contributed by atoms with Crippen LogP contribution in [0.5, 0.6) is 5.75 Å². The van der Waals surface area contributed by atoms with E-state index in [9.17, 15) is 13.2 Å². The summed E-state index contributed by atoms with van der Waals surface area (Å²) < 4.78 is 38.2. The van der Waals surface area contributed by atoms with Gasteiger partial charge in [-0.05, 0) is 43.1 Å². The molecule has 0 spiro atoms. The Bertz CT molecular complexity index is 1070. The molecular weight excluding hydrogens is 454 g/mol. The molecule has 0 radical (unpaired) electrons. The summed E-state index contributed by atoms with van der Waals surface area (Å²) in [5.74, 6) is 0.0179. The zero-order valence-electron chi connectivity index (χ0n) is 19.6. The molecule has 9 heteroatoms. The maximum absolute atomic E-state index is 13.1. The van der Waals surface area contributed by atoms with Crippen LogP contribution in [0.3, 0.4) is 0 Å². The summed E-state index contributed by atoms with van der Waals surface area (Å²) in [5.41, 5.74) is 1.48. The van der Waals surface area contributed by atoms with Gasteiger partial charge < -0.3 is 14.8 Å². The van der Waals surface area contributed by atoms with Crippen molar-refractivity contribution < 1.29 is 22.7 Å². The van der Waals surface area contributed by atoms with E-state index in [-0.39, 0.29) is 22.4 Å². The Morgan fingerprint density at radius 2 is 1.85 bits per heavy atom. The van der Waals surface area contributed by atoms with Crippen molar-refractivity contribution in [2.75, 3.05) is 46.5 Å². The number of benzene rings is 2. The molecule has 2 saturated heterocycles. The van der Waals surface area contributed by atoms with Crippen LogP contribution in [0.25, 0.3) is 0 Å². The van der Waals surface area contributed by atoms with Gasteiger partial charge in [0.1, 0.15) is 5.75 Å². The van der Waals surface area contributed by atoms with Crippen molar-refractivity contribution in [2.24, 2.45) is 0 Å². The van der Waals surface area contributed by atoms with Crippen molar-refractivity contribution in [1.29, 1.82) is 0 Å². The Balaban J connectivity index is 1.46. The summed E-state index contributed by atoms with van der Waals surface area (Å²) in [6, 6.07) is 15.0. The number of rotatable bonds is 8. The number of morpholine rings is 1. The second kappa shape index (κ2) is 11.3. The van der Waals surface area contributed by atoms with Crippen molar-refractivity contribution >= 4 is 15.9 Å². The van der Waals surface area contributed by atoms with Crippen LogP contribution >= 0.6 is 0 Å². The van der Waals surface area contributed by atoms with Crippen molar-refractivity contribution in [3.8, 4) is 5.75 Å². The monoisotopic (exact) mass is 487 g/mol. The number of ether oxygens (including phenoxy) is 2. The summed E-state index contributed by atoms with van der Waals surface area (Å²) in [7, 11) is -2.24. The average molecular weight is 488 g/mol. The van der Waals surface area contributed by atoms with Gasteiger partial charge in [-0.1, -0.05) is 36.8 Å². The molecule has 0 aliphatic carbocycles. The van der Waals surface area contributed by atoms with Crippen LogP contribution < -0.4 is 10.1 Å². The number of hydrogen-bond donors (Lipinski definition) is 1. The van der Waals surface area contributed by atoms with E-state index in [0.717, 1.165) is 32.4 Å². The Morgan fingerprint density at radius 3 is 2.59 bits per heavy atom. The molecule has 8 nitrogen and oxygen atoms in total. The Kier molecular flexibility index (Phi) is 8.20. The molecule has 2 aromatic rings. The molecule has 0 saturated carbocycles. The van der Waals surface area contributed by atoms with Crippen molar-refractivity contribution in [2.45, 2.75) is 36.7 Å². The van der Waals surface area contributed by atoms with E-state index in [2.05, 4.69) is 22.3 Å². The molecular formula is C25H33N3O5S. The first kappa shape index (κ1) is 24.7. The molecule has 1 unspecified atom stereocenters. The predicted molar refractivity (Wildman–Crippen MR) is 129 cm³/mol. The lowest BCUT2D eigenvalue weighted by atomic mass is 10.0. The van der Waals surface area contributed by atoms with E-state index in [1.807, 2.05) is 18.2 Å². The third-order valence-electron chi connectivity index (χ3n) is 6.50. The first-order valence-electron chi connectivity index (χ1n) is 11.8. The number of piperidine rings is 1. The van der Waals surface area contributed by atoms with Crippen LogP contribution in [0.4, 0.5) is 0 Å². The lowest BCUT2D eigenvalue weighted by Crippen LogP contribution is -2.46. The molecule has 1 atom stereocenters. The molecule has 34 heavy (non-hydrogen) atoms. The normalized spacial score (nSPS) is 20.1. The Hall–Kier alpha value is -2.46. The fourth-order valence-corrected chi connectivity index (χ4v) is 6.02. The number of carbonyl (C=O) groups excluding carboxylic acids is 1. The average Bonchev–Trinajstić information content (AvgIpc) is 2.88. The minimum atomic E-state index is -3.71. The zero-order chi connectivity index (χ0) is 24.0. The Morgan fingerprint density at radius 1 is 1.09 bits per heavy atom. The summed E-state index contributed by atoms with van der Waals surface area (Å²) in [6.07, 6.45) is 3.28. The third kappa shape index (κ3) is 5.78. The quantitative estimate of drug-likeness (QED) is 0.616.